The normalized spacial score (nSPS) is 10.3. The van der Waals surface area contributed by atoms with Crippen molar-refractivity contribution in [1.82, 2.24) is 9.78 Å². The Bertz CT molecular complexity index is 887. The summed E-state index contributed by atoms with van der Waals surface area (Å²) in [6, 6.07) is 19.5. The molecule has 0 atom stereocenters. The summed E-state index contributed by atoms with van der Waals surface area (Å²) in [6.07, 6.45) is 0. The zero-order chi connectivity index (χ0) is 16.2. The van der Waals surface area contributed by atoms with Gasteiger partial charge in [0.2, 0.25) is 0 Å². The third-order valence-electron chi connectivity index (χ3n) is 3.37. The molecule has 0 aliphatic carbocycles. The van der Waals surface area contributed by atoms with Crippen LogP contribution in [0.5, 0.6) is 0 Å². The second-order valence-electron chi connectivity index (χ2n) is 5.08. The summed E-state index contributed by atoms with van der Waals surface area (Å²) >= 11 is 0. The predicted molar refractivity (Wildman–Crippen MR) is 89.0 cm³/mol. The maximum absolute atomic E-state index is 12.4. The molecule has 0 saturated heterocycles. The fraction of sp³-hybridized carbons (Fsp3) is 0.0556. The zero-order valence-electron chi connectivity index (χ0n) is 12.6. The monoisotopic (exact) mass is 305 g/mol. The molecule has 0 aliphatic rings. The van der Waals surface area contributed by atoms with Gasteiger partial charge in [-0.1, -0.05) is 36.4 Å². The maximum atomic E-state index is 12.4. The van der Waals surface area contributed by atoms with Crippen molar-refractivity contribution in [3.63, 3.8) is 0 Å². The highest BCUT2D eigenvalue weighted by Crippen LogP contribution is 2.10. The molecule has 2 aromatic carbocycles. The van der Waals surface area contributed by atoms with Crippen molar-refractivity contribution >= 4 is 11.6 Å². The van der Waals surface area contributed by atoms with E-state index in [9.17, 15) is 9.59 Å². The van der Waals surface area contributed by atoms with E-state index in [1.165, 1.54) is 10.7 Å². The Kier molecular flexibility index (Phi) is 4.01. The van der Waals surface area contributed by atoms with E-state index in [2.05, 4.69) is 10.4 Å². The van der Waals surface area contributed by atoms with Crippen LogP contribution in [0.2, 0.25) is 0 Å². The highest BCUT2D eigenvalue weighted by Gasteiger charge is 2.14. The summed E-state index contributed by atoms with van der Waals surface area (Å²) in [6.45, 7) is 1.70. The molecule has 114 valence electrons. The zero-order valence-corrected chi connectivity index (χ0v) is 12.6. The number of carbonyl (C=O) groups is 1. The summed E-state index contributed by atoms with van der Waals surface area (Å²) < 4.78 is 1.23. The molecule has 1 amide bonds. The minimum Gasteiger partial charge on any atom is -0.321 e. The Balaban J connectivity index is 1.99. The maximum Gasteiger partial charge on any atom is 0.276 e. The van der Waals surface area contributed by atoms with Crippen LogP contribution >= 0.6 is 0 Å². The number of carbonyl (C=O) groups excluding carboxylic acids is 1. The van der Waals surface area contributed by atoms with Gasteiger partial charge in [0.1, 0.15) is 0 Å². The van der Waals surface area contributed by atoms with Crippen LogP contribution in [0.3, 0.4) is 0 Å². The number of anilines is 1. The Labute approximate surface area is 133 Å². The van der Waals surface area contributed by atoms with E-state index in [0.717, 1.165) is 0 Å². The standard InChI is InChI=1S/C18H15N3O2/c1-13-12-16(22)21(15-10-6-3-7-11-15)20-17(13)18(23)19-14-8-4-2-5-9-14/h2-12H,1H3,(H,19,23). The summed E-state index contributed by atoms with van der Waals surface area (Å²) in [5, 5.41) is 7.01. The smallest absolute Gasteiger partial charge is 0.276 e. The molecule has 0 radical (unpaired) electrons. The lowest BCUT2D eigenvalue weighted by Gasteiger charge is -2.10. The van der Waals surface area contributed by atoms with Gasteiger partial charge in [-0.2, -0.15) is 9.78 Å². The van der Waals surface area contributed by atoms with Crippen LogP contribution < -0.4 is 10.9 Å². The van der Waals surface area contributed by atoms with Gasteiger partial charge >= 0.3 is 0 Å². The molecule has 1 heterocycles. The van der Waals surface area contributed by atoms with E-state index < -0.39 is 0 Å². The quantitative estimate of drug-likeness (QED) is 0.809. The summed E-state index contributed by atoms with van der Waals surface area (Å²) in [7, 11) is 0. The van der Waals surface area contributed by atoms with Gasteiger partial charge in [0, 0.05) is 11.8 Å². The van der Waals surface area contributed by atoms with Gasteiger partial charge in [0.15, 0.2) is 5.69 Å². The van der Waals surface area contributed by atoms with Gasteiger partial charge in [-0.05, 0) is 36.8 Å². The Morgan fingerprint density at radius 2 is 1.61 bits per heavy atom. The minimum absolute atomic E-state index is 0.220. The molecule has 1 aromatic heterocycles. The van der Waals surface area contributed by atoms with E-state index in [1.54, 1.807) is 31.2 Å². The predicted octanol–water partition coefficient (Wildman–Crippen LogP) is 2.79. The highest BCUT2D eigenvalue weighted by atomic mass is 16.2. The van der Waals surface area contributed by atoms with E-state index in [1.807, 2.05) is 36.4 Å². The molecule has 0 spiro atoms. The van der Waals surface area contributed by atoms with Crippen molar-refractivity contribution in [3.8, 4) is 5.69 Å². The number of rotatable bonds is 3. The molecule has 0 saturated carbocycles. The number of nitrogens with one attached hydrogen (secondary N) is 1. The number of aryl methyl sites for hydroxylation is 1. The highest BCUT2D eigenvalue weighted by molar-refractivity contribution is 6.03. The first kappa shape index (κ1) is 14.7. The molecule has 3 aromatic rings. The van der Waals surface area contributed by atoms with Crippen LogP contribution in [0.1, 0.15) is 16.1 Å². The number of amides is 1. The third kappa shape index (κ3) is 3.18. The van der Waals surface area contributed by atoms with Crippen molar-refractivity contribution in [2.45, 2.75) is 6.92 Å². The van der Waals surface area contributed by atoms with E-state index in [0.29, 0.717) is 16.9 Å². The topological polar surface area (TPSA) is 64.0 Å². The molecule has 0 fully saturated rings. The average Bonchev–Trinajstić information content (AvgIpc) is 2.56. The van der Waals surface area contributed by atoms with Gasteiger partial charge in [0.05, 0.1) is 5.69 Å². The molecule has 3 rings (SSSR count). The van der Waals surface area contributed by atoms with Crippen LogP contribution in [-0.2, 0) is 0 Å². The van der Waals surface area contributed by atoms with E-state index in [-0.39, 0.29) is 17.2 Å². The number of hydrogen-bond acceptors (Lipinski definition) is 3. The van der Waals surface area contributed by atoms with Crippen molar-refractivity contribution in [2.24, 2.45) is 0 Å². The molecule has 0 bridgehead atoms. The largest absolute Gasteiger partial charge is 0.321 e. The van der Waals surface area contributed by atoms with Crippen molar-refractivity contribution in [3.05, 3.63) is 88.3 Å². The van der Waals surface area contributed by atoms with Crippen LogP contribution in [-0.4, -0.2) is 15.7 Å². The molecule has 1 N–H and O–H groups in total. The lowest BCUT2D eigenvalue weighted by Crippen LogP contribution is -2.26. The van der Waals surface area contributed by atoms with Crippen LogP contribution in [0, 0.1) is 6.92 Å². The number of nitrogens with zero attached hydrogens (tertiary/aromatic N) is 2. The summed E-state index contributed by atoms with van der Waals surface area (Å²) in [5.74, 6) is -0.349. The fourth-order valence-corrected chi connectivity index (χ4v) is 2.23. The SMILES string of the molecule is Cc1cc(=O)n(-c2ccccc2)nc1C(=O)Nc1ccccc1. The third-order valence-corrected chi connectivity index (χ3v) is 3.37. The van der Waals surface area contributed by atoms with Crippen molar-refractivity contribution in [1.29, 1.82) is 0 Å². The lowest BCUT2D eigenvalue weighted by molar-refractivity contribution is 0.102. The molecular weight excluding hydrogens is 290 g/mol. The second-order valence-corrected chi connectivity index (χ2v) is 5.08. The Hall–Kier alpha value is -3.21. The summed E-state index contributed by atoms with van der Waals surface area (Å²) in [4.78, 5) is 24.6. The number of hydrogen-bond donors (Lipinski definition) is 1. The van der Waals surface area contributed by atoms with Crippen molar-refractivity contribution < 1.29 is 4.79 Å². The first-order chi connectivity index (χ1) is 11.1. The Morgan fingerprint density at radius 1 is 1.00 bits per heavy atom. The molecule has 5 heteroatoms. The summed E-state index contributed by atoms with van der Waals surface area (Å²) in [5.41, 5.74) is 1.78. The number of benzene rings is 2. The number of aromatic nitrogens is 2. The minimum atomic E-state index is -0.349. The first-order valence-corrected chi connectivity index (χ1v) is 7.18. The molecule has 0 aliphatic heterocycles. The van der Waals surface area contributed by atoms with E-state index >= 15 is 0 Å². The molecule has 5 nitrogen and oxygen atoms in total. The fourth-order valence-electron chi connectivity index (χ4n) is 2.23. The van der Waals surface area contributed by atoms with Crippen LogP contribution in [0.15, 0.2) is 71.5 Å². The average molecular weight is 305 g/mol. The van der Waals surface area contributed by atoms with Gasteiger partial charge in [-0.25, -0.2) is 0 Å². The van der Waals surface area contributed by atoms with Crippen LogP contribution in [0.25, 0.3) is 5.69 Å². The van der Waals surface area contributed by atoms with Gasteiger partial charge in [-0.15, -0.1) is 0 Å². The molecule has 23 heavy (non-hydrogen) atoms. The van der Waals surface area contributed by atoms with Gasteiger partial charge in [-0.3, -0.25) is 9.59 Å². The van der Waals surface area contributed by atoms with Gasteiger partial charge < -0.3 is 5.32 Å². The second kappa shape index (κ2) is 6.27. The first-order valence-electron chi connectivity index (χ1n) is 7.18. The molecule has 0 unspecified atom stereocenters. The van der Waals surface area contributed by atoms with Crippen LogP contribution in [0.4, 0.5) is 5.69 Å². The molecular formula is C18H15N3O2. The van der Waals surface area contributed by atoms with E-state index in [4.69, 9.17) is 0 Å². The Morgan fingerprint density at radius 3 is 2.26 bits per heavy atom. The van der Waals surface area contributed by atoms with Crippen molar-refractivity contribution in [2.75, 3.05) is 5.32 Å². The number of para-hydroxylation sites is 2. The lowest BCUT2D eigenvalue weighted by atomic mass is 10.2. The van der Waals surface area contributed by atoms with Gasteiger partial charge in [0.25, 0.3) is 11.5 Å².